The molecule has 0 saturated heterocycles. The molecule has 1 fully saturated rings. The third-order valence-corrected chi connectivity index (χ3v) is 3.27. The molecular weight excluding hydrogens is 228 g/mol. The van der Waals surface area contributed by atoms with Gasteiger partial charge < -0.3 is 15.0 Å². The van der Waals surface area contributed by atoms with Crippen molar-refractivity contribution in [3.05, 3.63) is 30.0 Å². The fourth-order valence-electron chi connectivity index (χ4n) is 2.12. The number of hydrogen-bond donors (Lipinski definition) is 2. The van der Waals surface area contributed by atoms with E-state index in [0.717, 1.165) is 35.1 Å². The average Bonchev–Trinajstić information content (AvgIpc) is 3.10. The molecule has 3 rings (SSSR count). The summed E-state index contributed by atoms with van der Waals surface area (Å²) in [6.45, 7) is 0. The molecule has 0 unspecified atom stereocenters. The minimum absolute atomic E-state index is 0.106. The van der Waals surface area contributed by atoms with Gasteiger partial charge in [-0.1, -0.05) is 0 Å². The Morgan fingerprint density at radius 3 is 3.06 bits per heavy atom. The van der Waals surface area contributed by atoms with Crippen LogP contribution in [0.2, 0.25) is 0 Å². The average molecular weight is 244 g/mol. The molecule has 1 aliphatic carbocycles. The van der Waals surface area contributed by atoms with Gasteiger partial charge in [-0.3, -0.25) is 4.79 Å². The third kappa shape index (κ3) is 2.18. The van der Waals surface area contributed by atoms with Gasteiger partial charge in [0, 0.05) is 29.2 Å². The summed E-state index contributed by atoms with van der Waals surface area (Å²) in [7, 11) is 1.65. The largest absolute Gasteiger partial charge is 0.497 e. The highest BCUT2D eigenvalue weighted by atomic mass is 16.5. The van der Waals surface area contributed by atoms with Crippen molar-refractivity contribution in [2.45, 2.75) is 25.3 Å². The Hall–Kier alpha value is -1.97. The third-order valence-electron chi connectivity index (χ3n) is 3.27. The summed E-state index contributed by atoms with van der Waals surface area (Å²) in [5, 5.41) is 4.09. The minimum atomic E-state index is 0.106. The van der Waals surface area contributed by atoms with Crippen LogP contribution in [0.25, 0.3) is 10.9 Å². The first-order chi connectivity index (χ1) is 8.76. The van der Waals surface area contributed by atoms with Crippen LogP contribution in [0.3, 0.4) is 0 Å². The van der Waals surface area contributed by atoms with Crippen LogP contribution in [0.4, 0.5) is 0 Å². The van der Waals surface area contributed by atoms with Gasteiger partial charge in [0.15, 0.2) is 0 Å². The number of nitrogens with one attached hydrogen (secondary N) is 2. The number of H-pyrrole nitrogens is 1. The molecule has 0 bridgehead atoms. The van der Waals surface area contributed by atoms with E-state index in [1.54, 1.807) is 7.11 Å². The zero-order valence-electron chi connectivity index (χ0n) is 10.3. The number of amides is 1. The van der Waals surface area contributed by atoms with Gasteiger partial charge in [-0.2, -0.15) is 0 Å². The molecule has 18 heavy (non-hydrogen) atoms. The van der Waals surface area contributed by atoms with Crippen molar-refractivity contribution >= 4 is 16.8 Å². The summed E-state index contributed by atoms with van der Waals surface area (Å²) in [6, 6.07) is 6.27. The molecule has 0 radical (unpaired) electrons. The Morgan fingerprint density at radius 2 is 2.33 bits per heavy atom. The number of rotatable bonds is 4. The Balaban J connectivity index is 1.81. The highest BCUT2D eigenvalue weighted by molar-refractivity contribution is 5.89. The lowest BCUT2D eigenvalue weighted by atomic mass is 10.1. The van der Waals surface area contributed by atoms with E-state index in [1.165, 1.54) is 0 Å². The molecule has 4 nitrogen and oxygen atoms in total. The molecule has 2 aromatic rings. The second kappa shape index (κ2) is 4.37. The van der Waals surface area contributed by atoms with Crippen molar-refractivity contribution < 1.29 is 9.53 Å². The first-order valence-electron chi connectivity index (χ1n) is 6.19. The lowest BCUT2D eigenvalue weighted by Gasteiger charge is -2.03. The maximum Gasteiger partial charge on any atom is 0.224 e. The smallest absolute Gasteiger partial charge is 0.224 e. The number of ether oxygens (including phenoxy) is 1. The summed E-state index contributed by atoms with van der Waals surface area (Å²) in [4.78, 5) is 15.0. The number of aromatic amines is 1. The number of carbonyl (C=O) groups is 1. The highest BCUT2D eigenvalue weighted by Crippen LogP contribution is 2.24. The molecule has 0 aliphatic heterocycles. The molecule has 0 atom stereocenters. The van der Waals surface area contributed by atoms with Crippen molar-refractivity contribution in [2.24, 2.45) is 0 Å². The monoisotopic (exact) mass is 244 g/mol. The van der Waals surface area contributed by atoms with Crippen molar-refractivity contribution in [2.75, 3.05) is 7.11 Å². The number of fused-ring (bicyclic) bond motifs is 1. The van der Waals surface area contributed by atoms with Gasteiger partial charge in [-0.05, 0) is 30.5 Å². The van der Waals surface area contributed by atoms with Crippen LogP contribution in [0.15, 0.2) is 24.4 Å². The fraction of sp³-hybridized carbons (Fsp3) is 0.357. The molecule has 1 aromatic carbocycles. The van der Waals surface area contributed by atoms with E-state index in [4.69, 9.17) is 4.74 Å². The molecule has 4 heteroatoms. The molecule has 1 saturated carbocycles. The first kappa shape index (κ1) is 11.1. The maximum absolute atomic E-state index is 11.8. The Morgan fingerprint density at radius 1 is 1.50 bits per heavy atom. The van der Waals surface area contributed by atoms with Crippen LogP contribution in [0.5, 0.6) is 5.75 Å². The zero-order valence-corrected chi connectivity index (χ0v) is 10.3. The second-order valence-electron chi connectivity index (χ2n) is 4.74. The van der Waals surface area contributed by atoms with Gasteiger partial charge >= 0.3 is 0 Å². The van der Waals surface area contributed by atoms with Crippen LogP contribution in [-0.4, -0.2) is 24.0 Å². The summed E-state index contributed by atoms with van der Waals surface area (Å²) in [5.41, 5.74) is 2.04. The number of benzene rings is 1. The maximum atomic E-state index is 11.8. The van der Waals surface area contributed by atoms with Crippen molar-refractivity contribution in [3.8, 4) is 5.75 Å². The van der Waals surface area contributed by atoms with E-state index in [-0.39, 0.29) is 5.91 Å². The predicted molar refractivity (Wildman–Crippen MR) is 69.7 cm³/mol. The number of methoxy groups -OCH3 is 1. The van der Waals surface area contributed by atoms with Crippen LogP contribution < -0.4 is 10.1 Å². The van der Waals surface area contributed by atoms with Crippen LogP contribution in [-0.2, 0) is 11.2 Å². The van der Waals surface area contributed by atoms with E-state index < -0.39 is 0 Å². The van der Waals surface area contributed by atoms with Gasteiger partial charge in [0.05, 0.1) is 13.5 Å². The molecule has 1 amide bonds. The Labute approximate surface area is 105 Å². The van der Waals surface area contributed by atoms with Gasteiger partial charge in [-0.15, -0.1) is 0 Å². The topological polar surface area (TPSA) is 54.1 Å². The Bertz CT molecular complexity index is 584. The highest BCUT2D eigenvalue weighted by Gasteiger charge is 2.23. The molecule has 1 heterocycles. The molecule has 1 aromatic heterocycles. The van der Waals surface area contributed by atoms with Gasteiger partial charge in [-0.25, -0.2) is 0 Å². The van der Waals surface area contributed by atoms with Crippen molar-refractivity contribution in [1.29, 1.82) is 0 Å². The quantitative estimate of drug-likeness (QED) is 0.864. The SMILES string of the molecule is COc1ccc2c(CC(=O)NC3CC3)c[nH]c2c1. The van der Waals surface area contributed by atoms with Crippen molar-refractivity contribution in [1.82, 2.24) is 10.3 Å². The summed E-state index contributed by atoms with van der Waals surface area (Å²) < 4.78 is 5.17. The van der Waals surface area contributed by atoms with E-state index in [1.807, 2.05) is 24.4 Å². The fourth-order valence-corrected chi connectivity index (χ4v) is 2.12. The van der Waals surface area contributed by atoms with Crippen LogP contribution in [0.1, 0.15) is 18.4 Å². The van der Waals surface area contributed by atoms with E-state index >= 15 is 0 Å². The molecule has 1 aliphatic rings. The van der Waals surface area contributed by atoms with Crippen LogP contribution >= 0.6 is 0 Å². The van der Waals surface area contributed by atoms with E-state index in [2.05, 4.69) is 10.3 Å². The van der Waals surface area contributed by atoms with Gasteiger partial charge in [0.1, 0.15) is 5.75 Å². The minimum Gasteiger partial charge on any atom is -0.497 e. The first-order valence-corrected chi connectivity index (χ1v) is 6.19. The summed E-state index contributed by atoms with van der Waals surface area (Å²) in [5.74, 6) is 0.924. The normalized spacial score (nSPS) is 14.7. The molecular formula is C14H16N2O2. The van der Waals surface area contributed by atoms with Gasteiger partial charge in [0.2, 0.25) is 5.91 Å². The van der Waals surface area contributed by atoms with Crippen molar-refractivity contribution in [3.63, 3.8) is 0 Å². The standard InChI is InChI=1S/C14H16N2O2/c1-18-11-4-5-12-9(8-15-13(12)7-11)6-14(17)16-10-2-3-10/h4-5,7-8,10,15H,2-3,6H2,1H3,(H,16,17). The molecule has 2 N–H and O–H groups in total. The lowest BCUT2D eigenvalue weighted by Crippen LogP contribution is -2.26. The lowest BCUT2D eigenvalue weighted by molar-refractivity contribution is -0.120. The Kier molecular flexibility index (Phi) is 2.70. The number of carbonyl (C=O) groups excluding carboxylic acids is 1. The number of aromatic nitrogens is 1. The predicted octanol–water partition coefficient (Wildman–Crippen LogP) is 2.00. The molecule has 0 spiro atoms. The second-order valence-corrected chi connectivity index (χ2v) is 4.74. The summed E-state index contributed by atoms with van der Waals surface area (Å²) >= 11 is 0. The molecule has 94 valence electrons. The van der Waals surface area contributed by atoms with Gasteiger partial charge in [0.25, 0.3) is 0 Å². The zero-order chi connectivity index (χ0) is 12.5. The van der Waals surface area contributed by atoms with E-state index in [9.17, 15) is 4.79 Å². The van der Waals surface area contributed by atoms with Crippen LogP contribution in [0, 0.1) is 0 Å². The summed E-state index contributed by atoms with van der Waals surface area (Å²) in [6.07, 6.45) is 4.58. The van der Waals surface area contributed by atoms with E-state index in [0.29, 0.717) is 12.5 Å². The number of hydrogen-bond acceptors (Lipinski definition) is 2.